The van der Waals surface area contributed by atoms with Crippen LogP contribution in [0.5, 0.6) is 0 Å². The number of rotatable bonds is 7. The maximum Gasteiger partial charge on any atom is 0.511 e. The van der Waals surface area contributed by atoms with Crippen LogP contribution in [0.15, 0.2) is 4.99 Å². The minimum absolute atomic E-state index is 0.0956. The molecule has 0 aromatic heterocycles. The van der Waals surface area contributed by atoms with Gasteiger partial charge in [-0.05, 0) is 37.5 Å². The number of hydrogen-bond acceptors (Lipinski definition) is 3. The topological polar surface area (TPSA) is 73.8 Å². The van der Waals surface area contributed by atoms with Crippen LogP contribution in [-0.2, 0) is 10.0 Å². The van der Waals surface area contributed by atoms with Gasteiger partial charge in [0.2, 0.25) is 0 Å². The third-order valence-corrected chi connectivity index (χ3v) is 7.42. The number of nitrogens with one attached hydrogen (secondary N) is 2. The van der Waals surface area contributed by atoms with Gasteiger partial charge in [0.1, 0.15) is 0 Å². The predicted octanol–water partition coefficient (Wildman–Crippen LogP) is 3.07. The van der Waals surface area contributed by atoms with Crippen molar-refractivity contribution < 1.29 is 21.6 Å². The Morgan fingerprint density at radius 3 is 2.25 bits per heavy atom. The van der Waals surface area contributed by atoms with E-state index in [0.717, 1.165) is 18.9 Å². The summed E-state index contributed by atoms with van der Waals surface area (Å²) < 4.78 is 61.3. The van der Waals surface area contributed by atoms with Crippen LogP contribution >= 0.6 is 0 Å². The summed E-state index contributed by atoms with van der Waals surface area (Å²) in [6, 6.07) is 0. The van der Waals surface area contributed by atoms with Crippen molar-refractivity contribution >= 4 is 16.0 Å². The van der Waals surface area contributed by atoms with Crippen LogP contribution < -0.4 is 10.6 Å². The van der Waals surface area contributed by atoms with Crippen molar-refractivity contribution in [3.63, 3.8) is 0 Å². The number of guanidine groups is 1. The van der Waals surface area contributed by atoms with Gasteiger partial charge in [0.25, 0.3) is 0 Å². The third-order valence-electron chi connectivity index (χ3n) is 5.79. The summed E-state index contributed by atoms with van der Waals surface area (Å²) >= 11 is 0. The number of hydrogen-bond donors (Lipinski definition) is 2. The van der Waals surface area contributed by atoms with E-state index in [2.05, 4.69) is 15.6 Å². The molecule has 0 atom stereocenters. The van der Waals surface area contributed by atoms with Crippen LogP contribution in [0.2, 0.25) is 0 Å². The zero-order valence-corrected chi connectivity index (χ0v) is 17.4. The van der Waals surface area contributed by atoms with E-state index in [4.69, 9.17) is 0 Å². The summed E-state index contributed by atoms with van der Waals surface area (Å²) in [7, 11) is -3.52. The van der Waals surface area contributed by atoms with Crippen LogP contribution in [0.1, 0.15) is 57.8 Å². The highest BCUT2D eigenvalue weighted by Crippen LogP contribution is 2.30. The molecule has 0 spiro atoms. The molecule has 2 rings (SSSR count). The van der Waals surface area contributed by atoms with E-state index in [9.17, 15) is 21.6 Å². The van der Waals surface area contributed by atoms with Crippen LogP contribution in [0, 0.1) is 11.8 Å². The fourth-order valence-electron chi connectivity index (χ4n) is 4.04. The number of aliphatic imine (C=N–C) groups is 1. The van der Waals surface area contributed by atoms with Crippen molar-refractivity contribution in [3.8, 4) is 0 Å². The van der Waals surface area contributed by atoms with Gasteiger partial charge in [-0.25, -0.2) is 8.42 Å². The van der Waals surface area contributed by atoms with Crippen LogP contribution in [0.25, 0.3) is 0 Å². The van der Waals surface area contributed by atoms with Crippen molar-refractivity contribution in [2.24, 2.45) is 16.8 Å². The zero-order valence-electron chi connectivity index (χ0n) is 16.6. The molecule has 28 heavy (non-hydrogen) atoms. The number of sulfonamides is 1. The second-order valence-electron chi connectivity index (χ2n) is 7.82. The van der Waals surface area contributed by atoms with E-state index in [-0.39, 0.29) is 19.0 Å². The summed E-state index contributed by atoms with van der Waals surface area (Å²) in [5.41, 5.74) is -5.22. The molecule has 0 aromatic rings. The normalized spacial score (nSPS) is 21.6. The van der Waals surface area contributed by atoms with Crippen molar-refractivity contribution in [1.29, 1.82) is 0 Å². The Hall–Kier alpha value is -1.03. The highest BCUT2D eigenvalue weighted by Gasteiger charge is 2.50. The Morgan fingerprint density at radius 2 is 1.68 bits per heavy atom. The summed E-state index contributed by atoms with van der Waals surface area (Å²) in [6.07, 6.45) is 9.89. The maximum atomic E-state index is 12.6. The van der Waals surface area contributed by atoms with Crippen molar-refractivity contribution in [3.05, 3.63) is 0 Å². The third kappa shape index (κ3) is 6.79. The predicted molar refractivity (Wildman–Crippen MR) is 104 cm³/mol. The quantitative estimate of drug-likeness (QED) is 0.373. The maximum absolute atomic E-state index is 12.6. The molecule has 1 heterocycles. The Balaban J connectivity index is 1.63. The number of halogens is 3. The van der Waals surface area contributed by atoms with Crippen LogP contribution in [0.3, 0.4) is 0 Å². The molecule has 0 amide bonds. The largest absolute Gasteiger partial charge is 0.511 e. The lowest BCUT2D eigenvalue weighted by atomic mass is 9.86. The molecule has 6 nitrogen and oxygen atoms in total. The summed E-state index contributed by atoms with van der Waals surface area (Å²) in [6.45, 7) is 1.23. The molecule has 1 saturated carbocycles. The van der Waals surface area contributed by atoms with E-state index in [0.29, 0.717) is 29.7 Å². The Kier molecular flexibility index (Phi) is 8.85. The van der Waals surface area contributed by atoms with Gasteiger partial charge in [-0.2, -0.15) is 17.5 Å². The molecule has 164 valence electrons. The van der Waals surface area contributed by atoms with E-state index in [1.54, 1.807) is 7.05 Å². The van der Waals surface area contributed by atoms with Crippen LogP contribution in [-0.4, -0.2) is 57.4 Å². The van der Waals surface area contributed by atoms with Crippen molar-refractivity contribution in [2.75, 3.05) is 33.2 Å². The fraction of sp³-hybridized carbons (Fsp3) is 0.944. The average molecular weight is 427 g/mol. The first kappa shape index (κ1) is 23.3. The van der Waals surface area contributed by atoms with Gasteiger partial charge in [-0.1, -0.05) is 32.1 Å². The van der Waals surface area contributed by atoms with Gasteiger partial charge in [-0.3, -0.25) is 4.99 Å². The second-order valence-corrected chi connectivity index (χ2v) is 9.75. The number of nitrogens with zero attached hydrogens (tertiary/aromatic N) is 2. The highest BCUT2D eigenvalue weighted by atomic mass is 32.2. The summed E-state index contributed by atoms with van der Waals surface area (Å²) in [4.78, 5) is 4.18. The molecule has 0 radical (unpaired) electrons. The Bertz CT molecular complexity index is 596. The van der Waals surface area contributed by atoms with Gasteiger partial charge in [0.15, 0.2) is 5.96 Å². The molecule has 2 aliphatic rings. The van der Waals surface area contributed by atoms with E-state index in [1.165, 1.54) is 38.5 Å². The van der Waals surface area contributed by atoms with E-state index in [1.807, 2.05) is 0 Å². The molecule has 0 unspecified atom stereocenters. The first-order chi connectivity index (χ1) is 13.2. The molecule has 0 bridgehead atoms. The highest BCUT2D eigenvalue weighted by molar-refractivity contribution is 7.90. The first-order valence-electron chi connectivity index (χ1n) is 10.2. The molecule has 10 heteroatoms. The lowest BCUT2D eigenvalue weighted by Crippen LogP contribution is -2.47. The molecule has 1 aliphatic heterocycles. The SMILES string of the molecule is CN=C(NCCCC1CCCCC1)NCC1CCN(S(=O)(=O)C(F)(F)F)CC1. The van der Waals surface area contributed by atoms with Gasteiger partial charge in [0.05, 0.1) is 0 Å². The Labute approximate surface area is 166 Å². The first-order valence-corrected chi connectivity index (χ1v) is 11.7. The second kappa shape index (κ2) is 10.7. The van der Waals surface area contributed by atoms with Crippen molar-refractivity contribution in [1.82, 2.24) is 14.9 Å². The molecule has 0 aromatic carbocycles. The average Bonchev–Trinajstić information content (AvgIpc) is 2.67. The van der Waals surface area contributed by atoms with E-state index >= 15 is 0 Å². The summed E-state index contributed by atoms with van der Waals surface area (Å²) in [5, 5.41) is 6.50. The Morgan fingerprint density at radius 1 is 1.04 bits per heavy atom. The molecular formula is C18H33F3N4O2S. The van der Waals surface area contributed by atoms with Gasteiger partial charge >= 0.3 is 15.5 Å². The van der Waals surface area contributed by atoms with E-state index < -0.39 is 15.5 Å². The fourth-order valence-corrected chi connectivity index (χ4v) is 5.02. The summed E-state index contributed by atoms with van der Waals surface area (Å²) in [5.74, 6) is 1.66. The molecule has 1 saturated heterocycles. The molecule has 2 N–H and O–H groups in total. The monoisotopic (exact) mass is 426 g/mol. The standard InChI is InChI=1S/C18H33F3N4O2S/c1-22-17(23-11-5-8-15-6-3-2-4-7-15)24-14-16-9-12-25(13-10-16)28(26,27)18(19,20)21/h15-16H,2-14H2,1H3,(H2,22,23,24). The van der Waals surface area contributed by atoms with Gasteiger partial charge in [-0.15, -0.1) is 0 Å². The number of piperidine rings is 1. The van der Waals surface area contributed by atoms with Gasteiger partial charge < -0.3 is 10.6 Å². The molecule has 1 aliphatic carbocycles. The number of alkyl halides is 3. The lowest BCUT2D eigenvalue weighted by Gasteiger charge is -2.31. The van der Waals surface area contributed by atoms with Gasteiger partial charge in [0, 0.05) is 33.2 Å². The minimum Gasteiger partial charge on any atom is -0.356 e. The lowest BCUT2D eigenvalue weighted by molar-refractivity contribution is -0.0496. The molecular weight excluding hydrogens is 393 g/mol. The zero-order chi connectivity index (χ0) is 20.6. The smallest absolute Gasteiger partial charge is 0.356 e. The van der Waals surface area contributed by atoms with Crippen LogP contribution in [0.4, 0.5) is 13.2 Å². The van der Waals surface area contributed by atoms with Crippen molar-refractivity contribution in [2.45, 2.75) is 63.3 Å². The molecule has 2 fully saturated rings. The minimum atomic E-state index is -5.22.